The minimum atomic E-state index is -0.881. The molecule has 3 aromatic carbocycles. The summed E-state index contributed by atoms with van der Waals surface area (Å²) in [5.74, 6) is -0.243. The predicted octanol–water partition coefficient (Wildman–Crippen LogP) is 3.15. The molecule has 0 aliphatic heterocycles. The van der Waals surface area contributed by atoms with Crippen LogP contribution in [0.25, 0.3) is 0 Å². The molecule has 204 valence electrons. The van der Waals surface area contributed by atoms with Gasteiger partial charge in [0.1, 0.15) is 5.75 Å². The Kier molecular flexibility index (Phi) is 10.4. The van der Waals surface area contributed by atoms with Gasteiger partial charge in [-0.15, -0.1) is 0 Å². The average molecular weight is 533 g/mol. The van der Waals surface area contributed by atoms with Gasteiger partial charge in [0.25, 0.3) is 5.91 Å². The third-order valence-electron chi connectivity index (χ3n) is 5.49. The van der Waals surface area contributed by atoms with Gasteiger partial charge in [-0.3, -0.25) is 14.4 Å². The van der Waals surface area contributed by atoms with Gasteiger partial charge < -0.3 is 24.8 Å². The molecule has 3 N–H and O–H groups in total. The van der Waals surface area contributed by atoms with Gasteiger partial charge >= 0.3 is 11.8 Å². The van der Waals surface area contributed by atoms with Crippen molar-refractivity contribution in [3.05, 3.63) is 82.9 Å². The Balaban J connectivity index is 1.38. The Morgan fingerprint density at radius 1 is 0.846 bits per heavy atom. The van der Waals surface area contributed by atoms with Crippen LogP contribution in [-0.2, 0) is 20.8 Å². The van der Waals surface area contributed by atoms with Crippen LogP contribution in [-0.4, -0.2) is 51.3 Å². The van der Waals surface area contributed by atoms with E-state index in [0.717, 1.165) is 22.4 Å². The maximum Gasteiger partial charge on any atom is 0.329 e. The maximum absolute atomic E-state index is 12.2. The molecular weight excluding hydrogens is 500 g/mol. The van der Waals surface area contributed by atoms with Crippen molar-refractivity contribution < 1.29 is 28.6 Å². The fourth-order valence-electron chi connectivity index (χ4n) is 3.70. The quantitative estimate of drug-likeness (QED) is 0.198. The molecule has 3 rings (SSSR count). The monoisotopic (exact) mass is 532 g/mol. The zero-order chi connectivity index (χ0) is 28.2. The van der Waals surface area contributed by atoms with Gasteiger partial charge in [-0.25, -0.2) is 5.43 Å². The molecule has 3 aromatic rings. The van der Waals surface area contributed by atoms with Crippen LogP contribution < -0.4 is 30.3 Å². The van der Waals surface area contributed by atoms with Gasteiger partial charge in [-0.1, -0.05) is 12.1 Å². The first-order valence-electron chi connectivity index (χ1n) is 12.2. The minimum Gasteiger partial charge on any atom is -0.493 e. The smallest absolute Gasteiger partial charge is 0.329 e. The molecule has 10 heteroatoms. The van der Waals surface area contributed by atoms with Crippen molar-refractivity contribution in [3.63, 3.8) is 0 Å². The van der Waals surface area contributed by atoms with Crippen LogP contribution in [0.2, 0.25) is 0 Å². The van der Waals surface area contributed by atoms with E-state index in [1.807, 2.05) is 44.2 Å². The van der Waals surface area contributed by atoms with Crippen molar-refractivity contribution in [2.45, 2.75) is 20.3 Å². The van der Waals surface area contributed by atoms with Crippen LogP contribution in [0.15, 0.2) is 65.8 Å². The zero-order valence-corrected chi connectivity index (χ0v) is 22.4. The van der Waals surface area contributed by atoms with E-state index in [-0.39, 0.29) is 19.1 Å². The number of hydrazone groups is 1. The standard InChI is InChI=1S/C29H32N4O6/c1-19-13-20(2)15-23(14-19)32-27(34)18-39-24-8-5-22(6-9-24)17-31-33-29(36)28(35)30-12-11-21-7-10-25(37-3)26(16-21)38-4/h5-10,13-17H,11-12,18H2,1-4H3,(H,30,35)(H,32,34)(H,33,36)/b31-17-. The van der Waals surface area contributed by atoms with Crippen LogP contribution in [0.1, 0.15) is 22.3 Å². The molecule has 10 nitrogen and oxygen atoms in total. The Morgan fingerprint density at radius 2 is 1.54 bits per heavy atom. The predicted molar refractivity (Wildman–Crippen MR) is 148 cm³/mol. The molecule has 0 fully saturated rings. The van der Waals surface area contributed by atoms with E-state index in [4.69, 9.17) is 14.2 Å². The highest BCUT2D eigenvalue weighted by Gasteiger charge is 2.12. The van der Waals surface area contributed by atoms with Crippen molar-refractivity contribution in [2.75, 3.05) is 32.7 Å². The fourth-order valence-corrected chi connectivity index (χ4v) is 3.70. The van der Waals surface area contributed by atoms with Crippen molar-refractivity contribution in [3.8, 4) is 17.2 Å². The largest absolute Gasteiger partial charge is 0.493 e. The lowest BCUT2D eigenvalue weighted by molar-refractivity contribution is -0.139. The summed E-state index contributed by atoms with van der Waals surface area (Å²) in [5.41, 5.74) is 6.62. The number of methoxy groups -OCH3 is 2. The van der Waals surface area contributed by atoms with Crippen LogP contribution >= 0.6 is 0 Å². The van der Waals surface area contributed by atoms with Crippen molar-refractivity contribution >= 4 is 29.6 Å². The molecule has 0 aromatic heterocycles. The number of carbonyl (C=O) groups excluding carboxylic acids is 3. The Morgan fingerprint density at radius 3 is 2.21 bits per heavy atom. The van der Waals surface area contributed by atoms with Crippen LogP contribution in [0.5, 0.6) is 17.2 Å². The van der Waals surface area contributed by atoms with E-state index in [1.54, 1.807) is 44.6 Å². The summed E-state index contributed by atoms with van der Waals surface area (Å²) in [6.07, 6.45) is 1.90. The Labute approximate surface area is 227 Å². The van der Waals surface area contributed by atoms with Crippen LogP contribution in [0.4, 0.5) is 5.69 Å². The molecule has 0 spiro atoms. The van der Waals surface area contributed by atoms with Gasteiger partial charge in [-0.2, -0.15) is 5.10 Å². The molecule has 0 atom stereocenters. The van der Waals surface area contributed by atoms with Crippen LogP contribution in [0, 0.1) is 13.8 Å². The second-order valence-electron chi connectivity index (χ2n) is 8.68. The summed E-state index contributed by atoms with van der Waals surface area (Å²) in [4.78, 5) is 36.2. The fraction of sp³-hybridized carbons (Fsp3) is 0.241. The Hall–Kier alpha value is -4.86. The minimum absolute atomic E-state index is 0.141. The molecular formula is C29H32N4O6. The average Bonchev–Trinajstić information content (AvgIpc) is 2.91. The van der Waals surface area contributed by atoms with E-state index in [2.05, 4.69) is 21.2 Å². The lowest BCUT2D eigenvalue weighted by Crippen LogP contribution is -2.38. The molecule has 0 aliphatic carbocycles. The highest BCUT2D eigenvalue weighted by Crippen LogP contribution is 2.27. The van der Waals surface area contributed by atoms with E-state index in [1.165, 1.54) is 6.21 Å². The van der Waals surface area contributed by atoms with Crippen molar-refractivity contribution in [1.82, 2.24) is 10.7 Å². The molecule has 0 aliphatic rings. The molecule has 0 radical (unpaired) electrons. The van der Waals surface area contributed by atoms with Crippen molar-refractivity contribution in [2.24, 2.45) is 5.10 Å². The van der Waals surface area contributed by atoms with Gasteiger partial charge in [-0.05, 0) is 91.1 Å². The molecule has 0 heterocycles. The number of carbonyl (C=O) groups is 3. The SMILES string of the molecule is COc1ccc(CCNC(=O)C(=O)N/N=C\c2ccc(OCC(=O)Nc3cc(C)cc(C)c3)cc2)cc1OC. The number of rotatable bonds is 11. The van der Waals surface area contributed by atoms with E-state index >= 15 is 0 Å². The van der Waals surface area contributed by atoms with E-state index in [0.29, 0.717) is 29.2 Å². The number of nitrogens with zero attached hydrogens (tertiary/aromatic N) is 1. The third-order valence-corrected chi connectivity index (χ3v) is 5.49. The summed E-state index contributed by atoms with van der Waals surface area (Å²) in [6, 6.07) is 18.0. The number of aryl methyl sites for hydroxylation is 2. The van der Waals surface area contributed by atoms with Crippen LogP contribution in [0.3, 0.4) is 0 Å². The summed E-state index contributed by atoms with van der Waals surface area (Å²) in [5, 5.41) is 9.18. The van der Waals surface area contributed by atoms with Gasteiger partial charge in [0.2, 0.25) is 0 Å². The summed E-state index contributed by atoms with van der Waals surface area (Å²) in [6.45, 7) is 4.05. The van der Waals surface area contributed by atoms with Crippen molar-refractivity contribution in [1.29, 1.82) is 0 Å². The number of anilines is 1. The van der Waals surface area contributed by atoms with Gasteiger partial charge in [0.15, 0.2) is 18.1 Å². The number of hydrogen-bond acceptors (Lipinski definition) is 7. The van der Waals surface area contributed by atoms with E-state index in [9.17, 15) is 14.4 Å². The zero-order valence-electron chi connectivity index (χ0n) is 22.4. The second kappa shape index (κ2) is 14.2. The first-order chi connectivity index (χ1) is 18.8. The lowest BCUT2D eigenvalue weighted by atomic mass is 10.1. The van der Waals surface area contributed by atoms with Gasteiger partial charge in [0, 0.05) is 12.2 Å². The van der Waals surface area contributed by atoms with Gasteiger partial charge in [0.05, 0.1) is 20.4 Å². The number of hydrogen-bond donors (Lipinski definition) is 3. The van der Waals surface area contributed by atoms with E-state index < -0.39 is 11.8 Å². The first-order valence-corrected chi connectivity index (χ1v) is 12.2. The Bertz CT molecular complexity index is 1320. The number of ether oxygens (including phenoxy) is 3. The second-order valence-corrected chi connectivity index (χ2v) is 8.68. The lowest BCUT2D eigenvalue weighted by Gasteiger charge is -2.10. The molecule has 0 bridgehead atoms. The highest BCUT2D eigenvalue weighted by molar-refractivity contribution is 6.35. The highest BCUT2D eigenvalue weighted by atomic mass is 16.5. The molecule has 0 saturated carbocycles. The molecule has 0 unspecified atom stereocenters. The molecule has 3 amide bonds. The first kappa shape index (κ1) is 28.7. The number of amides is 3. The number of benzene rings is 3. The normalized spacial score (nSPS) is 10.6. The summed E-state index contributed by atoms with van der Waals surface area (Å²) in [7, 11) is 3.10. The maximum atomic E-state index is 12.2. The number of nitrogens with one attached hydrogen (secondary N) is 3. The molecule has 0 saturated heterocycles. The third kappa shape index (κ3) is 9.19. The topological polar surface area (TPSA) is 127 Å². The summed E-state index contributed by atoms with van der Waals surface area (Å²) >= 11 is 0. The molecule has 39 heavy (non-hydrogen) atoms. The summed E-state index contributed by atoms with van der Waals surface area (Å²) < 4.78 is 16.0.